The van der Waals surface area contributed by atoms with Crippen LogP contribution in [0.5, 0.6) is 0 Å². The molecule has 0 radical (unpaired) electrons. The second-order valence-corrected chi connectivity index (χ2v) is 8.46. The van der Waals surface area contributed by atoms with Crippen LogP contribution in [0.25, 0.3) is 11.4 Å². The average molecular weight is 418 g/mol. The highest BCUT2D eigenvalue weighted by Gasteiger charge is 2.20. The van der Waals surface area contributed by atoms with Crippen LogP contribution in [-0.4, -0.2) is 52.1 Å². The molecule has 4 rings (SSSR count). The minimum Gasteiger partial charge on any atom is -0.341 e. The molecule has 2 N–H and O–H groups in total. The van der Waals surface area contributed by atoms with Crippen LogP contribution in [0.4, 0.5) is 10.3 Å². The van der Waals surface area contributed by atoms with Gasteiger partial charge in [-0.3, -0.25) is 0 Å². The van der Waals surface area contributed by atoms with Gasteiger partial charge in [-0.05, 0) is 49.2 Å². The molecule has 1 aromatic carbocycles. The lowest BCUT2D eigenvalue weighted by atomic mass is 10.2. The summed E-state index contributed by atoms with van der Waals surface area (Å²) in [5.41, 5.74) is 1.26. The van der Waals surface area contributed by atoms with E-state index in [1.165, 1.54) is 12.1 Å². The maximum Gasteiger partial charge on any atom is 0.240 e. The van der Waals surface area contributed by atoms with Crippen LogP contribution >= 0.6 is 0 Å². The largest absolute Gasteiger partial charge is 0.341 e. The number of aryl methyl sites for hydroxylation is 1. The number of nitrogens with one attached hydrogen (secondary N) is 2. The van der Waals surface area contributed by atoms with E-state index in [9.17, 15) is 12.8 Å². The van der Waals surface area contributed by atoms with E-state index >= 15 is 0 Å². The molecule has 0 bridgehead atoms. The number of anilines is 1. The van der Waals surface area contributed by atoms with Gasteiger partial charge in [0.15, 0.2) is 0 Å². The number of benzene rings is 1. The number of aromatic nitrogens is 6. The van der Waals surface area contributed by atoms with Gasteiger partial charge in [0.25, 0.3) is 0 Å². The molecule has 3 aromatic rings. The van der Waals surface area contributed by atoms with Gasteiger partial charge in [-0.2, -0.15) is 5.21 Å². The van der Waals surface area contributed by atoms with Crippen molar-refractivity contribution in [2.45, 2.75) is 31.2 Å². The minimum absolute atomic E-state index is 0.0124. The Labute approximate surface area is 166 Å². The van der Waals surface area contributed by atoms with Crippen LogP contribution in [0.3, 0.4) is 0 Å². The molecule has 3 heterocycles. The molecule has 1 aliphatic rings. The van der Waals surface area contributed by atoms with Crippen LogP contribution in [0.15, 0.2) is 29.2 Å². The zero-order valence-corrected chi connectivity index (χ0v) is 16.4. The molecule has 0 amide bonds. The van der Waals surface area contributed by atoms with Crippen molar-refractivity contribution >= 4 is 16.0 Å². The average Bonchev–Trinajstić information content (AvgIpc) is 3.40. The third-order valence-corrected chi connectivity index (χ3v) is 5.96. The van der Waals surface area contributed by atoms with Gasteiger partial charge in [-0.15, -0.1) is 10.2 Å². The summed E-state index contributed by atoms with van der Waals surface area (Å²) in [4.78, 5) is 10.9. The second-order valence-electron chi connectivity index (χ2n) is 6.70. The molecule has 29 heavy (non-hydrogen) atoms. The van der Waals surface area contributed by atoms with Crippen LogP contribution in [-0.2, 0) is 16.6 Å². The Hall–Kier alpha value is -2.99. The summed E-state index contributed by atoms with van der Waals surface area (Å²) in [6.07, 6.45) is 2.18. The van der Waals surface area contributed by atoms with E-state index in [-0.39, 0.29) is 22.8 Å². The van der Waals surface area contributed by atoms with Crippen LogP contribution in [0.1, 0.15) is 24.2 Å². The van der Waals surface area contributed by atoms with Crippen molar-refractivity contribution in [1.82, 2.24) is 35.3 Å². The van der Waals surface area contributed by atoms with Crippen LogP contribution in [0, 0.1) is 12.7 Å². The van der Waals surface area contributed by atoms with Gasteiger partial charge >= 0.3 is 0 Å². The number of aromatic amines is 1. The van der Waals surface area contributed by atoms with Gasteiger partial charge in [0.1, 0.15) is 5.82 Å². The van der Waals surface area contributed by atoms with Crippen molar-refractivity contribution in [3.8, 4) is 11.4 Å². The molecule has 0 saturated carbocycles. The Kier molecular flexibility index (Phi) is 5.20. The predicted molar refractivity (Wildman–Crippen MR) is 102 cm³/mol. The summed E-state index contributed by atoms with van der Waals surface area (Å²) < 4.78 is 42.0. The minimum atomic E-state index is -3.91. The standard InChI is InChI=1S/C17H19FN8O2S/c1-11-8-12(21-17(20-11)26-6-2-3-7-26)10-19-29(27,28)13-4-5-15(18)14(9-13)16-22-24-25-23-16/h4-5,8-9,19H,2-3,6-7,10H2,1H3,(H,22,23,24,25). The smallest absolute Gasteiger partial charge is 0.240 e. The van der Waals surface area contributed by atoms with Crippen molar-refractivity contribution in [3.05, 3.63) is 41.5 Å². The molecular formula is C17H19FN8O2S. The first-order chi connectivity index (χ1) is 13.9. The molecule has 0 aliphatic carbocycles. The first-order valence-electron chi connectivity index (χ1n) is 9.05. The SMILES string of the molecule is Cc1cc(CNS(=O)(=O)c2ccc(F)c(-c3nn[nH]n3)c2)nc(N2CCCC2)n1. The van der Waals surface area contributed by atoms with E-state index < -0.39 is 15.8 Å². The molecule has 0 unspecified atom stereocenters. The lowest BCUT2D eigenvalue weighted by Gasteiger charge is -2.16. The quantitative estimate of drug-likeness (QED) is 0.610. The number of sulfonamides is 1. The van der Waals surface area contributed by atoms with E-state index in [4.69, 9.17) is 0 Å². The van der Waals surface area contributed by atoms with Crippen molar-refractivity contribution in [1.29, 1.82) is 0 Å². The Morgan fingerprint density at radius 3 is 2.72 bits per heavy atom. The molecule has 2 aromatic heterocycles. The van der Waals surface area contributed by atoms with Crippen molar-refractivity contribution in [2.24, 2.45) is 0 Å². The van der Waals surface area contributed by atoms with Crippen molar-refractivity contribution < 1.29 is 12.8 Å². The Balaban J connectivity index is 1.55. The summed E-state index contributed by atoms with van der Waals surface area (Å²) in [7, 11) is -3.91. The number of halogens is 1. The fourth-order valence-corrected chi connectivity index (χ4v) is 4.16. The van der Waals surface area contributed by atoms with Crippen LogP contribution < -0.4 is 9.62 Å². The molecule has 1 saturated heterocycles. The Bertz CT molecular complexity index is 1110. The fourth-order valence-electron chi connectivity index (χ4n) is 3.14. The maximum atomic E-state index is 14.1. The zero-order chi connectivity index (χ0) is 20.4. The highest BCUT2D eigenvalue weighted by atomic mass is 32.2. The van der Waals surface area contributed by atoms with E-state index in [1.54, 1.807) is 6.07 Å². The highest BCUT2D eigenvalue weighted by molar-refractivity contribution is 7.89. The number of rotatable bonds is 6. The summed E-state index contributed by atoms with van der Waals surface area (Å²) >= 11 is 0. The number of H-pyrrole nitrogens is 1. The number of hydrogen-bond donors (Lipinski definition) is 2. The van der Waals surface area contributed by atoms with Gasteiger partial charge in [-0.1, -0.05) is 0 Å². The van der Waals surface area contributed by atoms with E-state index in [2.05, 4.69) is 40.2 Å². The van der Waals surface area contributed by atoms with Gasteiger partial charge < -0.3 is 4.90 Å². The molecule has 152 valence electrons. The number of nitrogens with zero attached hydrogens (tertiary/aromatic N) is 6. The molecule has 12 heteroatoms. The zero-order valence-electron chi connectivity index (χ0n) is 15.6. The number of tetrazole rings is 1. The van der Waals surface area contributed by atoms with Crippen LogP contribution in [0.2, 0.25) is 0 Å². The Morgan fingerprint density at radius 2 is 2.00 bits per heavy atom. The molecule has 1 aliphatic heterocycles. The van der Waals surface area contributed by atoms with E-state index in [1.807, 2.05) is 6.92 Å². The first-order valence-corrected chi connectivity index (χ1v) is 10.5. The molecule has 0 atom stereocenters. The number of hydrogen-bond acceptors (Lipinski definition) is 8. The highest BCUT2D eigenvalue weighted by Crippen LogP contribution is 2.22. The van der Waals surface area contributed by atoms with Gasteiger partial charge in [0, 0.05) is 18.8 Å². The molecular weight excluding hydrogens is 399 g/mol. The van der Waals surface area contributed by atoms with Gasteiger partial charge in [0.2, 0.25) is 21.8 Å². The van der Waals surface area contributed by atoms with Crippen molar-refractivity contribution in [2.75, 3.05) is 18.0 Å². The first kappa shape index (κ1) is 19.3. The normalized spacial score (nSPS) is 14.5. The monoisotopic (exact) mass is 418 g/mol. The molecule has 0 spiro atoms. The van der Waals surface area contributed by atoms with Gasteiger partial charge in [-0.25, -0.2) is 27.5 Å². The third-order valence-electron chi connectivity index (χ3n) is 4.56. The lowest BCUT2D eigenvalue weighted by Crippen LogP contribution is -2.25. The second kappa shape index (κ2) is 7.79. The maximum absolute atomic E-state index is 14.1. The summed E-state index contributed by atoms with van der Waals surface area (Å²) in [6.45, 7) is 3.62. The van der Waals surface area contributed by atoms with Crippen molar-refractivity contribution in [3.63, 3.8) is 0 Å². The Morgan fingerprint density at radius 1 is 1.21 bits per heavy atom. The van der Waals surface area contributed by atoms with Gasteiger partial charge in [0.05, 0.1) is 22.7 Å². The topological polar surface area (TPSA) is 130 Å². The molecule has 10 nitrogen and oxygen atoms in total. The summed E-state index contributed by atoms with van der Waals surface area (Å²) in [5, 5.41) is 13.0. The predicted octanol–water partition coefficient (Wildman–Crippen LogP) is 1.18. The fraction of sp³-hybridized carbons (Fsp3) is 0.353. The summed E-state index contributed by atoms with van der Waals surface area (Å²) in [5.74, 6) is -0.0638. The molecule has 1 fully saturated rings. The summed E-state index contributed by atoms with van der Waals surface area (Å²) in [6, 6.07) is 5.14. The lowest BCUT2D eigenvalue weighted by molar-refractivity contribution is 0.579. The van der Waals surface area contributed by atoms with E-state index in [0.717, 1.165) is 37.7 Å². The third kappa shape index (κ3) is 4.22. The van der Waals surface area contributed by atoms with E-state index in [0.29, 0.717) is 11.6 Å².